The van der Waals surface area contributed by atoms with Crippen molar-refractivity contribution in [1.29, 1.82) is 0 Å². The summed E-state index contributed by atoms with van der Waals surface area (Å²) in [7, 11) is 0. The molecule has 0 radical (unpaired) electrons. The van der Waals surface area contributed by atoms with Gasteiger partial charge in [0.25, 0.3) is 0 Å². The van der Waals surface area contributed by atoms with Gasteiger partial charge < -0.3 is 10.6 Å². The van der Waals surface area contributed by atoms with Gasteiger partial charge in [-0.1, -0.05) is 12.5 Å². The third kappa shape index (κ3) is 3.76. The maximum atomic E-state index is 13.5. The molecule has 0 saturated carbocycles. The van der Waals surface area contributed by atoms with Gasteiger partial charge in [-0.25, -0.2) is 8.78 Å². The zero-order chi connectivity index (χ0) is 14.5. The van der Waals surface area contributed by atoms with Gasteiger partial charge in [-0.2, -0.15) is 0 Å². The van der Waals surface area contributed by atoms with Gasteiger partial charge >= 0.3 is 0 Å². The van der Waals surface area contributed by atoms with Gasteiger partial charge in [0, 0.05) is 11.6 Å². The molecule has 1 aromatic carbocycles. The Balaban J connectivity index is 1.91. The highest BCUT2D eigenvalue weighted by Crippen LogP contribution is 2.14. The average molecular weight is 282 g/mol. The number of hydrogen-bond donors (Lipinski definition) is 2. The van der Waals surface area contributed by atoms with Crippen LogP contribution in [-0.2, 0) is 11.2 Å². The number of piperidine rings is 1. The topological polar surface area (TPSA) is 41.1 Å². The van der Waals surface area contributed by atoms with Gasteiger partial charge in [0.1, 0.15) is 11.6 Å². The summed E-state index contributed by atoms with van der Waals surface area (Å²) in [6, 6.07) is 3.31. The Labute approximate surface area is 117 Å². The van der Waals surface area contributed by atoms with Crippen molar-refractivity contribution < 1.29 is 13.6 Å². The molecule has 1 amide bonds. The highest BCUT2D eigenvalue weighted by molar-refractivity contribution is 5.82. The number of halogens is 2. The fourth-order valence-corrected chi connectivity index (χ4v) is 2.50. The van der Waals surface area contributed by atoms with E-state index in [0.29, 0.717) is 0 Å². The third-order valence-corrected chi connectivity index (χ3v) is 3.59. The molecule has 0 spiro atoms. The highest BCUT2D eigenvalue weighted by Gasteiger charge is 2.22. The first-order valence-electron chi connectivity index (χ1n) is 7.04. The number of rotatable bonds is 4. The van der Waals surface area contributed by atoms with E-state index in [2.05, 4.69) is 10.6 Å². The molecule has 1 saturated heterocycles. The maximum absolute atomic E-state index is 13.5. The lowest BCUT2D eigenvalue weighted by atomic mass is 10.0. The summed E-state index contributed by atoms with van der Waals surface area (Å²) in [6.07, 6.45) is 3.07. The summed E-state index contributed by atoms with van der Waals surface area (Å²) in [5, 5.41) is 5.97. The summed E-state index contributed by atoms with van der Waals surface area (Å²) < 4.78 is 27.1. The molecule has 2 N–H and O–H groups in total. The molecule has 110 valence electrons. The molecule has 20 heavy (non-hydrogen) atoms. The van der Waals surface area contributed by atoms with Crippen LogP contribution in [0.3, 0.4) is 0 Å². The summed E-state index contributed by atoms with van der Waals surface area (Å²) in [5.41, 5.74) is 0.0249. The molecule has 1 fully saturated rings. The number of hydrogen-bond acceptors (Lipinski definition) is 2. The molecule has 1 heterocycles. The van der Waals surface area contributed by atoms with Crippen LogP contribution in [0, 0.1) is 11.6 Å². The lowest BCUT2D eigenvalue weighted by Crippen LogP contribution is -2.49. The van der Waals surface area contributed by atoms with E-state index >= 15 is 0 Å². The van der Waals surface area contributed by atoms with Crippen molar-refractivity contribution in [2.24, 2.45) is 0 Å². The maximum Gasteiger partial charge on any atom is 0.237 e. The van der Waals surface area contributed by atoms with Gasteiger partial charge in [-0.15, -0.1) is 0 Å². The van der Waals surface area contributed by atoms with Crippen LogP contribution in [0.2, 0.25) is 0 Å². The van der Waals surface area contributed by atoms with E-state index in [0.717, 1.165) is 25.8 Å². The van der Waals surface area contributed by atoms with E-state index in [1.807, 2.05) is 0 Å². The normalized spacial score (nSPS) is 20.4. The second kappa shape index (κ2) is 6.79. The van der Waals surface area contributed by atoms with Crippen LogP contribution in [0.4, 0.5) is 8.78 Å². The second-order valence-electron chi connectivity index (χ2n) is 5.32. The fourth-order valence-electron chi connectivity index (χ4n) is 2.50. The Kier molecular flexibility index (Phi) is 5.06. The number of carbonyl (C=O) groups is 1. The smallest absolute Gasteiger partial charge is 0.237 e. The van der Waals surface area contributed by atoms with Gasteiger partial charge in [0.15, 0.2) is 0 Å². The Morgan fingerprint density at radius 2 is 2.10 bits per heavy atom. The molecule has 0 aromatic heterocycles. The van der Waals surface area contributed by atoms with Gasteiger partial charge in [0.05, 0.1) is 6.04 Å². The molecule has 2 atom stereocenters. The molecular formula is C15H20F2N2O. The monoisotopic (exact) mass is 282 g/mol. The fraction of sp³-hybridized carbons (Fsp3) is 0.533. The minimum Gasteiger partial charge on any atom is -0.352 e. The van der Waals surface area contributed by atoms with Gasteiger partial charge in [-0.05, 0) is 44.9 Å². The predicted molar refractivity (Wildman–Crippen MR) is 73.3 cm³/mol. The Morgan fingerprint density at radius 1 is 1.40 bits per heavy atom. The number of nitrogens with one attached hydrogen (secondary N) is 2. The largest absolute Gasteiger partial charge is 0.352 e. The summed E-state index contributed by atoms with van der Waals surface area (Å²) in [6.45, 7) is 2.60. The minimum absolute atomic E-state index is 0.0249. The molecule has 0 aliphatic carbocycles. The molecule has 0 bridgehead atoms. The predicted octanol–water partition coefficient (Wildman–Crippen LogP) is 2.15. The summed E-state index contributed by atoms with van der Waals surface area (Å²) in [5.74, 6) is -1.22. The molecule has 1 aliphatic heterocycles. The average Bonchev–Trinajstić information content (AvgIpc) is 2.44. The summed E-state index contributed by atoms with van der Waals surface area (Å²) >= 11 is 0. The van der Waals surface area contributed by atoms with E-state index in [1.165, 1.54) is 18.2 Å². The van der Waals surface area contributed by atoms with Crippen molar-refractivity contribution in [2.75, 3.05) is 6.54 Å². The first kappa shape index (κ1) is 14.9. The van der Waals surface area contributed by atoms with Crippen LogP contribution < -0.4 is 10.6 Å². The standard InChI is InChI=1S/C15H20F2N2O/c1-10(9-11-12(16)5-4-6-13(11)17)19-15(20)14-7-2-3-8-18-14/h4-6,10,14,18H,2-3,7-9H2,1H3,(H,19,20)/t10?,14-/m0/s1. The van der Waals surface area contributed by atoms with E-state index in [9.17, 15) is 13.6 Å². The first-order valence-corrected chi connectivity index (χ1v) is 7.04. The van der Waals surface area contributed by atoms with Crippen LogP contribution in [0.5, 0.6) is 0 Å². The van der Waals surface area contributed by atoms with Crippen LogP contribution in [0.15, 0.2) is 18.2 Å². The lowest BCUT2D eigenvalue weighted by molar-refractivity contribution is -0.124. The molecule has 1 unspecified atom stereocenters. The third-order valence-electron chi connectivity index (χ3n) is 3.59. The van der Waals surface area contributed by atoms with Crippen molar-refractivity contribution in [1.82, 2.24) is 10.6 Å². The molecule has 5 heteroatoms. The number of carbonyl (C=O) groups excluding carboxylic acids is 1. The van der Waals surface area contributed by atoms with Gasteiger partial charge in [-0.3, -0.25) is 4.79 Å². The van der Waals surface area contributed by atoms with Crippen molar-refractivity contribution in [2.45, 2.75) is 44.7 Å². The minimum atomic E-state index is -0.568. The first-order chi connectivity index (χ1) is 9.58. The SMILES string of the molecule is CC(Cc1c(F)cccc1F)NC(=O)[C@@H]1CCCCN1. The summed E-state index contributed by atoms with van der Waals surface area (Å²) in [4.78, 5) is 12.0. The van der Waals surface area contributed by atoms with Crippen LogP contribution >= 0.6 is 0 Å². The Bertz CT molecular complexity index is 453. The van der Waals surface area contributed by atoms with E-state index in [1.54, 1.807) is 6.92 Å². The Morgan fingerprint density at radius 3 is 2.70 bits per heavy atom. The van der Waals surface area contributed by atoms with Crippen molar-refractivity contribution in [3.8, 4) is 0 Å². The number of benzene rings is 1. The van der Waals surface area contributed by atoms with Crippen LogP contribution in [0.25, 0.3) is 0 Å². The quantitative estimate of drug-likeness (QED) is 0.888. The lowest BCUT2D eigenvalue weighted by Gasteiger charge is -2.24. The Hall–Kier alpha value is -1.49. The highest BCUT2D eigenvalue weighted by atomic mass is 19.1. The second-order valence-corrected chi connectivity index (χ2v) is 5.32. The molecular weight excluding hydrogens is 262 g/mol. The van der Waals surface area contributed by atoms with Crippen molar-refractivity contribution in [3.63, 3.8) is 0 Å². The van der Waals surface area contributed by atoms with Crippen molar-refractivity contribution >= 4 is 5.91 Å². The zero-order valence-electron chi connectivity index (χ0n) is 11.6. The van der Waals surface area contributed by atoms with Crippen molar-refractivity contribution in [3.05, 3.63) is 35.4 Å². The number of amides is 1. The van der Waals surface area contributed by atoms with E-state index < -0.39 is 11.6 Å². The molecule has 1 aliphatic rings. The molecule has 2 rings (SSSR count). The van der Waals surface area contributed by atoms with E-state index in [-0.39, 0.29) is 30.0 Å². The van der Waals surface area contributed by atoms with E-state index in [4.69, 9.17) is 0 Å². The van der Waals surface area contributed by atoms with Gasteiger partial charge in [0.2, 0.25) is 5.91 Å². The zero-order valence-corrected chi connectivity index (χ0v) is 11.6. The van der Waals surface area contributed by atoms with Crippen LogP contribution in [0.1, 0.15) is 31.7 Å². The molecule has 3 nitrogen and oxygen atoms in total. The van der Waals surface area contributed by atoms with Crippen LogP contribution in [-0.4, -0.2) is 24.5 Å². The molecule has 1 aromatic rings.